The Morgan fingerprint density at radius 3 is 2.58 bits per heavy atom. The molecule has 2 N–H and O–H groups in total. The Morgan fingerprint density at radius 2 is 1.81 bits per heavy atom. The molecule has 0 saturated heterocycles. The molecule has 1 unspecified atom stereocenters. The SMILES string of the molecule is CC.O=C1Nc2ccccc2C(c2ccccc2)=NC1Nc1nnc(-c2cncs2)o1. The highest BCUT2D eigenvalue weighted by molar-refractivity contribution is 7.13. The number of nitrogens with one attached hydrogen (secondary N) is 2. The monoisotopic (exact) mass is 432 g/mol. The number of para-hydroxylation sites is 1. The first-order valence-corrected chi connectivity index (χ1v) is 10.7. The van der Waals surface area contributed by atoms with Gasteiger partial charge in [0.1, 0.15) is 4.88 Å². The van der Waals surface area contributed by atoms with Gasteiger partial charge >= 0.3 is 6.01 Å². The van der Waals surface area contributed by atoms with Crippen LogP contribution in [-0.2, 0) is 4.79 Å². The molecule has 156 valence electrons. The van der Waals surface area contributed by atoms with Crippen LogP contribution >= 0.6 is 11.3 Å². The van der Waals surface area contributed by atoms with E-state index in [4.69, 9.17) is 9.41 Å². The second-order valence-electron chi connectivity index (χ2n) is 6.20. The Kier molecular flexibility index (Phi) is 6.13. The molecular formula is C22H20N6O2S. The van der Waals surface area contributed by atoms with E-state index in [-0.39, 0.29) is 11.9 Å². The molecule has 5 rings (SSSR count). The van der Waals surface area contributed by atoms with E-state index in [1.165, 1.54) is 11.3 Å². The predicted octanol–water partition coefficient (Wildman–Crippen LogP) is 4.45. The summed E-state index contributed by atoms with van der Waals surface area (Å²) in [4.78, 5) is 22.3. The quantitative estimate of drug-likeness (QED) is 0.494. The van der Waals surface area contributed by atoms with E-state index in [1.54, 1.807) is 11.7 Å². The van der Waals surface area contributed by atoms with Gasteiger partial charge in [0.05, 0.1) is 23.1 Å². The van der Waals surface area contributed by atoms with Crippen LogP contribution in [0.5, 0.6) is 0 Å². The van der Waals surface area contributed by atoms with Gasteiger partial charge < -0.3 is 15.1 Å². The molecule has 3 heterocycles. The molecule has 1 atom stereocenters. The number of carbonyl (C=O) groups is 1. The number of nitrogens with zero attached hydrogens (tertiary/aromatic N) is 4. The number of benzodiazepines with no additional fused rings is 1. The maximum Gasteiger partial charge on any atom is 0.317 e. The molecule has 0 saturated carbocycles. The zero-order chi connectivity index (χ0) is 21.6. The molecule has 1 aliphatic rings. The van der Waals surface area contributed by atoms with E-state index < -0.39 is 6.17 Å². The predicted molar refractivity (Wildman–Crippen MR) is 121 cm³/mol. The highest BCUT2D eigenvalue weighted by Gasteiger charge is 2.27. The zero-order valence-corrected chi connectivity index (χ0v) is 17.8. The first kappa shape index (κ1) is 20.4. The van der Waals surface area contributed by atoms with Crippen molar-refractivity contribution in [2.45, 2.75) is 20.0 Å². The fourth-order valence-electron chi connectivity index (χ4n) is 3.00. The summed E-state index contributed by atoms with van der Waals surface area (Å²) in [7, 11) is 0. The van der Waals surface area contributed by atoms with Gasteiger partial charge in [0, 0.05) is 11.1 Å². The summed E-state index contributed by atoms with van der Waals surface area (Å²) in [6.07, 6.45) is 0.704. The number of thiazole rings is 1. The number of fused-ring (bicyclic) bond motifs is 1. The Morgan fingerprint density at radius 1 is 1.03 bits per heavy atom. The average Bonchev–Trinajstić information content (AvgIpc) is 3.49. The molecular weight excluding hydrogens is 412 g/mol. The number of amides is 1. The molecule has 2 aromatic carbocycles. The fourth-order valence-corrected chi connectivity index (χ4v) is 3.54. The molecule has 9 heteroatoms. The summed E-state index contributed by atoms with van der Waals surface area (Å²) in [6, 6.07) is 17.4. The first-order valence-electron chi connectivity index (χ1n) is 9.80. The normalized spacial score (nSPS) is 15.0. The molecule has 0 radical (unpaired) electrons. The van der Waals surface area contributed by atoms with Crippen LogP contribution in [0.4, 0.5) is 11.7 Å². The maximum absolute atomic E-state index is 12.8. The summed E-state index contributed by atoms with van der Waals surface area (Å²) < 4.78 is 5.63. The van der Waals surface area contributed by atoms with Gasteiger partial charge in [-0.25, -0.2) is 4.99 Å². The van der Waals surface area contributed by atoms with Crippen LogP contribution in [0.15, 0.2) is 75.7 Å². The maximum atomic E-state index is 12.8. The third-order valence-corrected chi connectivity index (χ3v) is 5.08. The number of anilines is 2. The Balaban J connectivity index is 0.00000112. The Labute approximate surface area is 183 Å². The number of aromatic nitrogens is 3. The van der Waals surface area contributed by atoms with Crippen LogP contribution in [0.1, 0.15) is 25.0 Å². The number of rotatable bonds is 4. The number of aliphatic imine (C=N–C) groups is 1. The van der Waals surface area contributed by atoms with E-state index >= 15 is 0 Å². The van der Waals surface area contributed by atoms with Gasteiger partial charge in [0.15, 0.2) is 0 Å². The van der Waals surface area contributed by atoms with Gasteiger partial charge in [0.25, 0.3) is 11.8 Å². The lowest BCUT2D eigenvalue weighted by molar-refractivity contribution is -0.116. The smallest absolute Gasteiger partial charge is 0.317 e. The van der Waals surface area contributed by atoms with E-state index in [9.17, 15) is 4.79 Å². The zero-order valence-electron chi connectivity index (χ0n) is 16.9. The molecule has 0 aliphatic carbocycles. The Bertz CT molecular complexity index is 1190. The highest BCUT2D eigenvalue weighted by Crippen LogP contribution is 2.26. The lowest BCUT2D eigenvalue weighted by Gasteiger charge is -2.11. The molecule has 1 amide bonds. The second-order valence-corrected chi connectivity index (χ2v) is 7.09. The molecule has 8 nitrogen and oxygen atoms in total. The van der Waals surface area contributed by atoms with Crippen molar-refractivity contribution in [3.8, 4) is 10.8 Å². The minimum absolute atomic E-state index is 0.107. The summed E-state index contributed by atoms with van der Waals surface area (Å²) >= 11 is 1.39. The molecule has 0 bridgehead atoms. The third-order valence-electron chi connectivity index (χ3n) is 4.32. The summed E-state index contributed by atoms with van der Waals surface area (Å²) in [5.74, 6) is 0.0144. The van der Waals surface area contributed by atoms with Crippen molar-refractivity contribution in [2.75, 3.05) is 10.6 Å². The molecule has 0 spiro atoms. The lowest BCUT2D eigenvalue weighted by Crippen LogP contribution is -2.32. The van der Waals surface area contributed by atoms with Crippen molar-refractivity contribution >= 4 is 34.7 Å². The molecule has 31 heavy (non-hydrogen) atoms. The number of hydrogen-bond acceptors (Lipinski definition) is 8. The van der Waals surface area contributed by atoms with Gasteiger partial charge in [-0.05, 0) is 6.07 Å². The van der Waals surface area contributed by atoms with Crippen molar-refractivity contribution in [1.82, 2.24) is 15.2 Å². The van der Waals surface area contributed by atoms with E-state index in [0.717, 1.165) is 16.0 Å². The average molecular weight is 433 g/mol. The second kappa shape index (κ2) is 9.31. The van der Waals surface area contributed by atoms with E-state index in [1.807, 2.05) is 68.4 Å². The summed E-state index contributed by atoms with van der Waals surface area (Å²) in [5.41, 5.74) is 4.81. The summed E-state index contributed by atoms with van der Waals surface area (Å²) in [6.45, 7) is 4.00. The molecule has 2 aromatic heterocycles. The van der Waals surface area contributed by atoms with E-state index in [2.05, 4.69) is 25.8 Å². The van der Waals surface area contributed by atoms with Gasteiger partial charge in [-0.2, -0.15) is 0 Å². The summed E-state index contributed by atoms with van der Waals surface area (Å²) in [5, 5.41) is 13.8. The van der Waals surface area contributed by atoms with Gasteiger partial charge in [-0.1, -0.05) is 67.5 Å². The van der Waals surface area contributed by atoms with Crippen molar-refractivity contribution < 1.29 is 9.21 Å². The van der Waals surface area contributed by atoms with Crippen molar-refractivity contribution in [3.63, 3.8) is 0 Å². The first-order chi connectivity index (χ1) is 15.3. The van der Waals surface area contributed by atoms with Gasteiger partial charge in [0.2, 0.25) is 6.17 Å². The van der Waals surface area contributed by atoms with Crippen molar-refractivity contribution in [1.29, 1.82) is 0 Å². The highest BCUT2D eigenvalue weighted by atomic mass is 32.1. The number of carbonyl (C=O) groups excluding carboxylic acids is 1. The van der Waals surface area contributed by atoms with Crippen molar-refractivity contribution in [3.05, 3.63) is 77.4 Å². The van der Waals surface area contributed by atoms with Crippen molar-refractivity contribution in [2.24, 2.45) is 4.99 Å². The van der Waals surface area contributed by atoms with Crippen LogP contribution in [0.25, 0.3) is 10.8 Å². The van der Waals surface area contributed by atoms with Gasteiger partial charge in [-0.3, -0.25) is 9.78 Å². The number of benzene rings is 2. The van der Waals surface area contributed by atoms with E-state index in [0.29, 0.717) is 17.3 Å². The molecule has 4 aromatic rings. The fraction of sp³-hybridized carbons (Fsp3) is 0.136. The minimum Gasteiger partial charge on any atom is -0.402 e. The van der Waals surface area contributed by atoms with Crippen LogP contribution in [0, 0.1) is 0 Å². The Hall–Kier alpha value is -3.85. The van der Waals surface area contributed by atoms with Gasteiger partial charge in [-0.15, -0.1) is 16.4 Å². The molecule has 0 fully saturated rings. The third kappa shape index (κ3) is 4.36. The topological polar surface area (TPSA) is 105 Å². The standard InChI is InChI=1S/C20H14N6O2S.C2H6/c27-18-17(24-20-26-25-19(28-20)15-10-21-11-29-15)23-16(12-6-2-1-3-7-12)13-8-4-5-9-14(13)22-18;1-2/h1-11,17H,(H,22,27)(H,24,26);1-2H3. The minimum atomic E-state index is -0.938. The van der Waals surface area contributed by atoms with Crippen LogP contribution in [0.3, 0.4) is 0 Å². The van der Waals surface area contributed by atoms with Crippen LogP contribution in [-0.4, -0.2) is 33.0 Å². The largest absolute Gasteiger partial charge is 0.402 e. The molecule has 1 aliphatic heterocycles. The van der Waals surface area contributed by atoms with Crippen LogP contribution < -0.4 is 10.6 Å². The lowest BCUT2D eigenvalue weighted by atomic mass is 10.0. The van der Waals surface area contributed by atoms with Crippen LogP contribution in [0.2, 0.25) is 0 Å². The number of hydrogen-bond donors (Lipinski definition) is 2.